The van der Waals surface area contributed by atoms with Gasteiger partial charge < -0.3 is 35.4 Å². The molecule has 3 aromatic rings. The van der Waals surface area contributed by atoms with Crippen molar-refractivity contribution < 1.29 is 42.8 Å². The summed E-state index contributed by atoms with van der Waals surface area (Å²) in [5.74, 6) is -2.77. The van der Waals surface area contributed by atoms with Crippen LogP contribution in [0.5, 0.6) is 5.75 Å². The predicted octanol–water partition coefficient (Wildman–Crippen LogP) is 4.18. The highest BCUT2D eigenvalue weighted by molar-refractivity contribution is 7.99. The molecule has 2 aliphatic rings. The molecule has 2 fully saturated rings. The molecule has 0 spiro atoms. The van der Waals surface area contributed by atoms with Crippen LogP contribution in [0.4, 0.5) is 13.2 Å². The summed E-state index contributed by atoms with van der Waals surface area (Å²) in [4.78, 5) is 14.5. The molecule has 12 heteroatoms. The van der Waals surface area contributed by atoms with Crippen LogP contribution in [0.2, 0.25) is 0 Å². The number of nitrogens with two attached hydrogens (primary N) is 1. The topological polar surface area (TPSA) is 125 Å². The van der Waals surface area contributed by atoms with E-state index < -0.39 is 53.3 Å². The van der Waals surface area contributed by atoms with Crippen LogP contribution in [0.15, 0.2) is 54.6 Å². The molecule has 3 aromatic carbocycles. The summed E-state index contributed by atoms with van der Waals surface area (Å²) < 4.78 is 52.8. The molecule has 47 heavy (non-hydrogen) atoms. The maximum absolute atomic E-state index is 14.0. The van der Waals surface area contributed by atoms with E-state index in [1.165, 1.54) is 11.8 Å². The van der Waals surface area contributed by atoms with Crippen molar-refractivity contribution >= 4 is 17.7 Å². The Hall–Kier alpha value is -3.13. The maximum Gasteiger partial charge on any atom is 0.224 e. The van der Waals surface area contributed by atoms with Crippen LogP contribution in [0.1, 0.15) is 53.2 Å². The molecular weight excluding hydrogens is 633 g/mol. The summed E-state index contributed by atoms with van der Waals surface area (Å²) in [7, 11) is 0. The molecule has 0 saturated carbocycles. The highest BCUT2D eigenvalue weighted by Crippen LogP contribution is 2.36. The smallest absolute Gasteiger partial charge is 0.224 e. The predicted molar refractivity (Wildman–Crippen MR) is 172 cm³/mol. The van der Waals surface area contributed by atoms with Gasteiger partial charge in [-0.05, 0) is 72.0 Å². The Morgan fingerprint density at radius 3 is 2.32 bits per heavy atom. The van der Waals surface area contributed by atoms with Crippen molar-refractivity contribution in [3.05, 3.63) is 99.9 Å². The molecule has 1 amide bonds. The summed E-state index contributed by atoms with van der Waals surface area (Å²) in [6, 6.07) is 14.1. The number of hydrogen-bond acceptors (Lipinski definition) is 8. The van der Waals surface area contributed by atoms with Crippen molar-refractivity contribution in [3.63, 3.8) is 0 Å². The van der Waals surface area contributed by atoms with Crippen molar-refractivity contribution in [2.75, 3.05) is 19.3 Å². The lowest BCUT2D eigenvalue weighted by Crippen LogP contribution is -2.52. The van der Waals surface area contributed by atoms with Gasteiger partial charge in [-0.3, -0.25) is 4.79 Å². The van der Waals surface area contributed by atoms with Crippen molar-refractivity contribution in [1.82, 2.24) is 4.90 Å². The van der Waals surface area contributed by atoms with Gasteiger partial charge in [-0.2, -0.15) is 0 Å². The molecular formula is C35H41F3N2O6S. The number of aryl methyl sites for hydroxylation is 1. The molecule has 6 atom stereocenters. The van der Waals surface area contributed by atoms with Gasteiger partial charge in [-0.25, -0.2) is 13.2 Å². The second-order valence-corrected chi connectivity index (χ2v) is 13.3. The van der Waals surface area contributed by atoms with Crippen molar-refractivity contribution in [2.45, 2.75) is 81.0 Å². The quantitative estimate of drug-likeness (QED) is 0.236. The van der Waals surface area contributed by atoms with Crippen molar-refractivity contribution in [2.24, 2.45) is 5.73 Å². The molecule has 0 radical (unpaired) electrons. The summed E-state index contributed by atoms with van der Waals surface area (Å²) in [5.41, 5.74) is 9.23. The number of carbonyl (C=O) groups excluding carboxylic acids is 1. The van der Waals surface area contributed by atoms with Gasteiger partial charge in [-0.15, -0.1) is 11.8 Å². The van der Waals surface area contributed by atoms with Crippen molar-refractivity contribution in [3.8, 4) is 5.75 Å². The number of benzene rings is 3. The highest BCUT2D eigenvalue weighted by Gasteiger charge is 2.44. The summed E-state index contributed by atoms with van der Waals surface area (Å²) in [6.45, 7) is 2.97. The number of amides is 1. The molecule has 2 aliphatic heterocycles. The first-order chi connectivity index (χ1) is 22.4. The number of halogens is 3. The SMILES string of the molecule is CS[C@H]1O[C@@H](c2ccc(C)c(Cc3ccc(OC4CCN(C(=O)CC(N)Cc5cc(F)c(F)cc5F)CC4)cc3)c2)[C@H](O)[C@@H](O)[C@@H]1O. The second-order valence-electron chi connectivity index (χ2n) is 12.4. The van der Waals surface area contributed by atoms with E-state index in [1.54, 1.807) is 11.2 Å². The molecule has 0 aliphatic carbocycles. The van der Waals surface area contributed by atoms with Gasteiger partial charge in [0.15, 0.2) is 11.6 Å². The normalized spacial score (nSPS) is 24.3. The first-order valence-electron chi connectivity index (χ1n) is 15.7. The second kappa shape index (κ2) is 15.4. The van der Waals surface area contributed by atoms with Crippen molar-refractivity contribution in [1.29, 1.82) is 0 Å². The fraction of sp³-hybridized carbons (Fsp3) is 0.457. The minimum Gasteiger partial charge on any atom is -0.490 e. The number of carbonyl (C=O) groups is 1. The third-order valence-electron chi connectivity index (χ3n) is 8.93. The largest absolute Gasteiger partial charge is 0.490 e. The Kier molecular flexibility index (Phi) is 11.5. The fourth-order valence-electron chi connectivity index (χ4n) is 6.13. The molecule has 5 N–H and O–H groups in total. The average molecular weight is 675 g/mol. The highest BCUT2D eigenvalue weighted by atomic mass is 32.2. The van der Waals surface area contributed by atoms with Crippen LogP contribution in [0, 0.1) is 24.4 Å². The lowest BCUT2D eigenvalue weighted by molar-refractivity contribution is -0.200. The number of likely N-dealkylation sites (tertiary alicyclic amines) is 1. The zero-order chi connectivity index (χ0) is 33.8. The van der Waals surface area contributed by atoms with E-state index in [9.17, 15) is 33.3 Å². The van der Waals surface area contributed by atoms with E-state index in [4.69, 9.17) is 15.2 Å². The number of piperidine rings is 1. The molecule has 0 bridgehead atoms. The number of ether oxygens (including phenoxy) is 2. The lowest BCUT2D eigenvalue weighted by Gasteiger charge is -2.40. The van der Waals surface area contributed by atoms with Crippen LogP contribution in [0.25, 0.3) is 0 Å². The van der Waals surface area contributed by atoms with Crippen LogP contribution < -0.4 is 10.5 Å². The molecule has 0 aromatic heterocycles. The fourth-order valence-corrected chi connectivity index (χ4v) is 6.80. The summed E-state index contributed by atoms with van der Waals surface area (Å²) in [6.07, 6.45) is -1.04. The molecule has 1 unspecified atom stereocenters. The van der Waals surface area contributed by atoms with E-state index >= 15 is 0 Å². The Balaban J connectivity index is 1.11. The third kappa shape index (κ3) is 8.48. The molecule has 254 valence electrons. The Bertz CT molecular complexity index is 1540. The van der Waals surface area contributed by atoms with Gasteiger partial charge in [0.1, 0.15) is 47.5 Å². The Morgan fingerprint density at radius 1 is 0.957 bits per heavy atom. The number of aliphatic hydroxyl groups is 3. The number of nitrogens with zero attached hydrogens (tertiary/aromatic N) is 1. The number of thioether (sulfide) groups is 1. The zero-order valence-electron chi connectivity index (χ0n) is 26.3. The van der Waals surface area contributed by atoms with E-state index in [0.29, 0.717) is 44.2 Å². The number of aliphatic hydroxyl groups excluding tert-OH is 3. The molecule has 5 rings (SSSR count). The van der Waals surface area contributed by atoms with Gasteiger partial charge in [-0.1, -0.05) is 30.3 Å². The third-order valence-corrected chi connectivity index (χ3v) is 9.78. The minimum absolute atomic E-state index is 0.0362. The van der Waals surface area contributed by atoms with E-state index in [0.717, 1.165) is 28.3 Å². The zero-order valence-corrected chi connectivity index (χ0v) is 27.1. The summed E-state index contributed by atoms with van der Waals surface area (Å²) in [5, 5.41) is 31.2. The van der Waals surface area contributed by atoms with Crippen LogP contribution in [-0.4, -0.2) is 81.4 Å². The van der Waals surface area contributed by atoms with Gasteiger partial charge in [0.05, 0.1) is 0 Å². The molecule has 8 nitrogen and oxygen atoms in total. The standard InChI is InChI=1S/C35H41F3N2O6S/c1-19-3-6-21(34-32(43)31(42)33(44)35(46-34)47-2)14-22(19)13-20-4-7-25(8-5-20)45-26-9-11-40(12-10-26)30(41)17-24(39)15-23-16-28(37)29(38)18-27(23)36/h3-8,14,16,18,24,26,31-35,42-44H,9-13,15,17,39H2,1-2H3/t24?,31-,32-,33+,34+,35-/m1/s1. The number of hydrogen-bond donors (Lipinski definition) is 4. The molecule has 2 heterocycles. The lowest BCUT2D eigenvalue weighted by atomic mass is 9.91. The van der Waals surface area contributed by atoms with E-state index in [1.807, 2.05) is 49.4 Å². The summed E-state index contributed by atoms with van der Waals surface area (Å²) >= 11 is 1.28. The van der Waals surface area contributed by atoms with Gasteiger partial charge in [0.2, 0.25) is 5.91 Å². The van der Waals surface area contributed by atoms with Gasteiger partial charge in [0.25, 0.3) is 0 Å². The maximum atomic E-state index is 14.0. The van der Waals surface area contributed by atoms with Gasteiger partial charge >= 0.3 is 0 Å². The monoisotopic (exact) mass is 674 g/mol. The Morgan fingerprint density at radius 2 is 1.64 bits per heavy atom. The first-order valence-corrected chi connectivity index (χ1v) is 17.0. The van der Waals surface area contributed by atoms with Crippen LogP contribution in [0.3, 0.4) is 0 Å². The molecule has 2 saturated heterocycles. The van der Waals surface area contributed by atoms with Crippen LogP contribution >= 0.6 is 11.8 Å². The van der Waals surface area contributed by atoms with E-state index in [2.05, 4.69) is 0 Å². The van der Waals surface area contributed by atoms with E-state index in [-0.39, 0.29) is 30.4 Å². The Labute approximate surface area is 276 Å². The average Bonchev–Trinajstić information content (AvgIpc) is 3.05. The first kappa shape index (κ1) is 35.2. The minimum atomic E-state index is -1.31. The van der Waals surface area contributed by atoms with Crippen LogP contribution in [-0.2, 0) is 22.4 Å². The van der Waals surface area contributed by atoms with Gasteiger partial charge in [0, 0.05) is 44.5 Å². The number of rotatable bonds is 10.